The van der Waals surface area contributed by atoms with Crippen LogP contribution in [-0.4, -0.2) is 15.0 Å². The molecule has 0 bridgehead atoms. The van der Waals surface area contributed by atoms with Crippen LogP contribution in [0.3, 0.4) is 0 Å². The third-order valence-electron chi connectivity index (χ3n) is 6.59. The quantitative estimate of drug-likeness (QED) is 0.137. The van der Waals surface area contributed by atoms with Gasteiger partial charge in [-0.3, -0.25) is 4.98 Å². The Balaban J connectivity index is 0.000000228. The van der Waals surface area contributed by atoms with E-state index in [-0.39, 0.29) is 20.1 Å². The average Bonchev–Trinajstić information content (AvgIpc) is 2.97. The summed E-state index contributed by atoms with van der Waals surface area (Å²) in [6.07, 6.45) is 3.67. The summed E-state index contributed by atoms with van der Waals surface area (Å²) in [5, 5.41) is 3.62. The molecule has 3 heterocycles. The van der Waals surface area contributed by atoms with E-state index in [9.17, 15) is 0 Å². The second-order valence-electron chi connectivity index (χ2n) is 9.96. The Labute approximate surface area is 244 Å². The van der Waals surface area contributed by atoms with Crippen molar-refractivity contribution >= 4 is 21.7 Å². The van der Waals surface area contributed by atoms with Gasteiger partial charge in [-0.15, -0.1) is 59.7 Å². The van der Waals surface area contributed by atoms with Crippen LogP contribution in [-0.2, 0) is 20.1 Å². The number of aromatic nitrogens is 3. The molecule has 39 heavy (non-hydrogen) atoms. The van der Waals surface area contributed by atoms with E-state index in [1.165, 1.54) is 16.3 Å². The molecule has 0 aliphatic rings. The van der Waals surface area contributed by atoms with Crippen molar-refractivity contribution in [1.29, 1.82) is 0 Å². The van der Waals surface area contributed by atoms with Crippen LogP contribution in [0.1, 0.15) is 50.8 Å². The van der Waals surface area contributed by atoms with Crippen LogP contribution >= 0.6 is 0 Å². The molecule has 0 aliphatic heterocycles. The maximum Gasteiger partial charge on any atom is 0.0487 e. The first-order chi connectivity index (χ1) is 18.5. The first-order valence-corrected chi connectivity index (χ1v) is 13.1. The number of rotatable bonds is 4. The Morgan fingerprint density at radius 3 is 2.05 bits per heavy atom. The van der Waals surface area contributed by atoms with E-state index in [1.807, 2.05) is 48.7 Å². The van der Waals surface area contributed by atoms with Gasteiger partial charge in [-0.25, -0.2) is 0 Å². The molecule has 3 aromatic carbocycles. The molecule has 6 rings (SSSR count). The van der Waals surface area contributed by atoms with Crippen molar-refractivity contribution in [2.24, 2.45) is 0 Å². The molecule has 0 aliphatic carbocycles. The molecule has 0 fully saturated rings. The number of hydrogen-bond acceptors (Lipinski definition) is 3. The number of pyridine rings is 3. The van der Waals surface area contributed by atoms with Crippen LogP contribution in [0.15, 0.2) is 103 Å². The minimum atomic E-state index is 0. The topological polar surface area (TPSA) is 38.7 Å². The van der Waals surface area contributed by atoms with Crippen molar-refractivity contribution < 1.29 is 20.1 Å². The summed E-state index contributed by atoms with van der Waals surface area (Å²) in [4.78, 5) is 13.8. The van der Waals surface area contributed by atoms with Gasteiger partial charge in [0.15, 0.2) is 0 Å². The van der Waals surface area contributed by atoms with E-state index in [1.54, 1.807) is 6.20 Å². The van der Waals surface area contributed by atoms with Crippen molar-refractivity contribution in [3.05, 3.63) is 127 Å². The summed E-state index contributed by atoms with van der Waals surface area (Å²) >= 11 is 0. The SMILES string of the molecule is CC(C)c1ccnc(-c2[c-]cc3c(c2)nc(C(C)C)c2ccccc23)c1.[Ir].[c-]1ccccc1-c1ccccn1. The van der Waals surface area contributed by atoms with Gasteiger partial charge in [0.25, 0.3) is 0 Å². The molecule has 0 atom stereocenters. The molecule has 0 N–H and O–H groups in total. The molecular formula is C35H31IrN3-2. The van der Waals surface area contributed by atoms with Gasteiger partial charge in [0.2, 0.25) is 0 Å². The van der Waals surface area contributed by atoms with Crippen LogP contribution in [0.4, 0.5) is 0 Å². The van der Waals surface area contributed by atoms with Crippen molar-refractivity contribution in [3.8, 4) is 22.5 Å². The Morgan fingerprint density at radius 1 is 0.615 bits per heavy atom. The third-order valence-corrected chi connectivity index (χ3v) is 6.59. The largest absolute Gasteiger partial charge is 0.305 e. The van der Waals surface area contributed by atoms with E-state index < -0.39 is 0 Å². The maximum atomic E-state index is 5.00. The smallest absolute Gasteiger partial charge is 0.0487 e. The predicted molar refractivity (Wildman–Crippen MR) is 158 cm³/mol. The third kappa shape index (κ3) is 6.47. The Kier molecular flexibility index (Phi) is 9.35. The molecular weight excluding hydrogens is 655 g/mol. The van der Waals surface area contributed by atoms with Gasteiger partial charge in [0.1, 0.15) is 0 Å². The first kappa shape index (κ1) is 28.3. The molecule has 197 valence electrons. The van der Waals surface area contributed by atoms with Crippen molar-refractivity contribution in [2.45, 2.75) is 39.5 Å². The normalized spacial score (nSPS) is 10.8. The molecule has 0 saturated carbocycles. The number of nitrogens with zero attached hydrogens (tertiary/aromatic N) is 3. The molecule has 0 amide bonds. The second kappa shape index (κ2) is 12.9. The van der Waals surface area contributed by atoms with E-state index >= 15 is 0 Å². The zero-order valence-electron chi connectivity index (χ0n) is 22.6. The molecule has 0 unspecified atom stereocenters. The van der Waals surface area contributed by atoms with Crippen LogP contribution in [0, 0.1) is 12.1 Å². The minimum absolute atomic E-state index is 0. The zero-order valence-corrected chi connectivity index (χ0v) is 25.0. The summed E-state index contributed by atoms with van der Waals surface area (Å²) < 4.78 is 0. The van der Waals surface area contributed by atoms with Crippen LogP contribution in [0.2, 0.25) is 0 Å². The number of hydrogen-bond donors (Lipinski definition) is 0. The van der Waals surface area contributed by atoms with Gasteiger partial charge in [-0.1, -0.05) is 81.1 Å². The maximum absolute atomic E-state index is 5.00. The zero-order chi connectivity index (χ0) is 26.5. The molecule has 0 spiro atoms. The average molecular weight is 686 g/mol. The molecule has 3 nitrogen and oxygen atoms in total. The number of benzene rings is 3. The fourth-order valence-electron chi connectivity index (χ4n) is 4.54. The van der Waals surface area contributed by atoms with E-state index in [0.717, 1.165) is 39.1 Å². The van der Waals surface area contributed by atoms with Gasteiger partial charge < -0.3 is 9.97 Å². The van der Waals surface area contributed by atoms with Crippen LogP contribution in [0.25, 0.3) is 44.2 Å². The second-order valence-corrected chi connectivity index (χ2v) is 9.96. The van der Waals surface area contributed by atoms with Crippen LogP contribution < -0.4 is 0 Å². The minimum Gasteiger partial charge on any atom is -0.305 e. The summed E-state index contributed by atoms with van der Waals surface area (Å²) in [6, 6.07) is 37.2. The standard InChI is InChI=1S/C24H23N2.C11H8N.Ir/c1-15(2)17-11-12-25-22(13-17)18-9-10-20-19-7-5-6-8-21(19)24(16(3)4)26-23(20)14-18;1-2-6-10(7-3-1)11-8-4-5-9-12-11;/h5-8,10-16H,1-4H3;1-6,8-9H;/q2*-1;. The fourth-order valence-corrected chi connectivity index (χ4v) is 4.54. The van der Waals surface area contributed by atoms with E-state index in [4.69, 9.17) is 4.98 Å². The van der Waals surface area contributed by atoms with Crippen LogP contribution in [0.5, 0.6) is 0 Å². The van der Waals surface area contributed by atoms with E-state index in [2.05, 4.69) is 98.3 Å². The van der Waals surface area contributed by atoms with Crippen molar-refractivity contribution in [1.82, 2.24) is 15.0 Å². The molecule has 6 aromatic rings. The molecule has 4 heteroatoms. The first-order valence-electron chi connectivity index (χ1n) is 13.1. The summed E-state index contributed by atoms with van der Waals surface area (Å²) in [7, 11) is 0. The molecule has 1 radical (unpaired) electrons. The summed E-state index contributed by atoms with van der Waals surface area (Å²) in [5.41, 5.74) is 7.41. The van der Waals surface area contributed by atoms with Gasteiger partial charge in [0, 0.05) is 38.2 Å². The Morgan fingerprint density at radius 2 is 1.36 bits per heavy atom. The van der Waals surface area contributed by atoms with Crippen molar-refractivity contribution in [2.75, 3.05) is 0 Å². The van der Waals surface area contributed by atoms with Crippen molar-refractivity contribution in [3.63, 3.8) is 0 Å². The molecule has 0 saturated heterocycles. The summed E-state index contributed by atoms with van der Waals surface area (Å²) in [5.74, 6) is 0.853. The molecule has 3 aromatic heterocycles. The van der Waals surface area contributed by atoms with Gasteiger partial charge in [-0.2, -0.15) is 0 Å². The Bertz CT molecular complexity index is 1620. The summed E-state index contributed by atoms with van der Waals surface area (Å²) in [6.45, 7) is 8.80. The van der Waals surface area contributed by atoms with Gasteiger partial charge in [0.05, 0.1) is 0 Å². The predicted octanol–water partition coefficient (Wildman–Crippen LogP) is 9.04. The number of fused-ring (bicyclic) bond motifs is 3. The monoisotopic (exact) mass is 686 g/mol. The van der Waals surface area contributed by atoms with E-state index in [0.29, 0.717) is 11.8 Å². The Hall–Kier alpha value is -3.72. The van der Waals surface area contributed by atoms with Gasteiger partial charge >= 0.3 is 0 Å². The fraction of sp³-hybridized carbons (Fsp3) is 0.171. The van der Waals surface area contributed by atoms with Gasteiger partial charge in [-0.05, 0) is 51.6 Å².